The number of rotatable bonds is 6. The summed E-state index contributed by atoms with van der Waals surface area (Å²) in [6.07, 6.45) is 1.78. The molecule has 0 spiro atoms. The van der Waals surface area contributed by atoms with E-state index in [1.165, 1.54) is 22.7 Å². The molecular weight excluding hydrogens is 531 g/mol. The van der Waals surface area contributed by atoms with Crippen molar-refractivity contribution in [2.24, 2.45) is 4.99 Å². The summed E-state index contributed by atoms with van der Waals surface area (Å²) in [5.74, 6) is 0.0760. The summed E-state index contributed by atoms with van der Waals surface area (Å²) in [6.45, 7) is 4.13. The molecule has 7 nitrogen and oxygen atoms in total. The zero-order valence-electron chi connectivity index (χ0n) is 17.4. The van der Waals surface area contributed by atoms with Crippen LogP contribution in [0.5, 0.6) is 11.5 Å². The number of amides is 1. The number of amidine groups is 1. The fourth-order valence-corrected chi connectivity index (χ4v) is 4.75. The van der Waals surface area contributed by atoms with Gasteiger partial charge in [0.15, 0.2) is 16.7 Å². The third-order valence-corrected chi connectivity index (χ3v) is 6.45. The third-order valence-electron chi connectivity index (χ3n) is 4.59. The average molecular weight is 552 g/mol. The largest absolute Gasteiger partial charge is 0.493 e. The third kappa shape index (κ3) is 4.87. The minimum atomic E-state index is -1.01. The molecular formula is C22H21IN2O5S. The van der Waals surface area contributed by atoms with Gasteiger partial charge in [0.25, 0.3) is 5.91 Å². The first-order valence-corrected chi connectivity index (χ1v) is 11.3. The molecule has 0 radical (unpaired) electrons. The Bertz CT molecular complexity index is 1110. The number of aliphatic imine (C=N–C) groups is 1. The van der Waals surface area contributed by atoms with Crippen LogP contribution >= 0.6 is 34.4 Å². The highest BCUT2D eigenvalue weighted by Gasteiger charge is 2.31. The number of ether oxygens (including phenoxy) is 2. The summed E-state index contributed by atoms with van der Waals surface area (Å²) < 4.78 is 12.0. The quantitative estimate of drug-likeness (QED) is 0.404. The summed E-state index contributed by atoms with van der Waals surface area (Å²) >= 11 is 3.42. The number of thioether (sulfide) groups is 1. The summed E-state index contributed by atoms with van der Waals surface area (Å²) in [6, 6.07) is 8.65. The lowest BCUT2D eigenvalue weighted by molar-refractivity contribution is -0.121. The topological polar surface area (TPSA) is 88.4 Å². The first kappa shape index (κ1) is 23.1. The summed E-state index contributed by atoms with van der Waals surface area (Å²) in [5.41, 5.74) is 2.05. The van der Waals surface area contributed by atoms with E-state index >= 15 is 0 Å². The van der Waals surface area contributed by atoms with Crippen molar-refractivity contribution >= 4 is 63.2 Å². The second-order valence-electron chi connectivity index (χ2n) is 6.59. The molecule has 0 unspecified atom stereocenters. The van der Waals surface area contributed by atoms with Gasteiger partial charge in [0.05, 0.1) is 33.4 Å². The molecule has 0 saturated carbocycles. The lowest BCUT2D eigenvalue weighted by atomic mass is 10.1. The van der Waals surface area contributed by atoms with Crippen molar-refractivity contribution in [2.75, 3.05) is 20.8 Å². The average Bonchev–Trinajstić information content (AvgIpc) is 2.99. The lowest BCUT2D eigenvalue weighted by Crippen LogP contribution is -2.23. The molecule has 2 aromatic rings. The Labute approximate surface area is 198 Å². The van der Waals surface area contributed by atoms with E-state index in [9.17, 15) is 14.7 Å². The Kier molecular flexibility index (Phi) is 7.26. The van der Waals surface area contributed by atoms with Crippen LogP contribution in [-0.4, -0.2) is 47.8 Å². The number of hydrogen-bond acceptors (Lipinski definition) is 6. The van der Waals surface area contributed by atoms with Crippen molar-refractivity contribution in [3.05, 3.63) is 55.5 Å². The minimum absolute atomic E-state index is 0.182. The first-order chi connectivity index (χ1) is 14.8. The number of likely N-dealkylation sites (N-methyl/N-ethyl adjacent to an activating group) is 1. The predicted octanol–water partition coefficient (Wildman–Crippen LogP) is 4.94. The van der Waals surface area contributed by atoms with Gasteiger partial charge in [0.1, 0.15) is 0 Å². The molecule has 9 heteroatoms. The Balaban J connectivity index is 1.96. The number of aromatic carboxylic acids is 1. The van der Waals surface area contributed by atoms with E-state index in [1.807, 2.05) is 19.1 Å². The van der Waals surface area contributed by atoms with Crippen LogP contribution < -0.4 is 9.47 Å². The van der Waals surface area contributed by atoms with Gasteiger partial charge in [-0.25, -0.2) is 9.79 Å². The SMILES string of the molecule is CCOc1c(I)cc(/C=C2/SC(=Nc3cccc(C(=O)O)c3C)N(C)C2=O)cc1OC. The van der Waals surface area contributed by atoms with Gasteiger partial charge >= 0.3 is 5.97 Å². The van der Waals surface area contributed by atoms with Crippen molar-refractivity contribution < 1.29 is 24.2 Å². The number of hydrogen-bond donors (Lipinski definition) is 1. The molecule has 2 aromatic carbocycles. The van der Waals surface area contributed by atoms with E-state index in [0.29, 0.717) is 39.4 Å². The van der Waals surface area contributed by atoms with Crippen molar-refractivity contribution in [3.8, 4) is 11.5 Å². The van der Waals surface area contributed by atoms with Crippen LogP contribution in [0.15, 0.2) is 40.2 Å². The molecule has 1 amide bonds. The number of carbonyl (C=O) groups is 2. The molecule has 0 aromatic heterocycles. The Morgan fingerprint density at radius 3 is 2.74 bits per heavy atom. The molecule has 1 heterocycles. The molecule has 3 rings (SSSR count). The lowest BCUT2D eigenvalue weighted by Gasteiger charge is -2.12. The number of benzene rings is 2. The van der Waals surface area contributed by atoms with Gasteiger partial charge in [0.2, 0.25) is 0 Å². The van der Waals surface area contributed by atoms with Gasteiger partial charge in [-0.05, 0) is 89.7 Å². The van der Waals surface area contributed by atoms with Crippen LogP contribution in [0.4, 0.5) is 5.69 Å². The summed E-state index contributed by atoms with van der Waals surface area (Å²) in [5, 5.41) is 9.80. The fourth-order valence-electron chi connectivity index (χ4n) is 2.99. The number of methoxy groups -OCH3 is 1. The predicted molar refractivity (Wildman–Crippen MR) is 130 cm³/mol. The summed E-state index contributed by atoms with van der Waals surface area (Å²) in [7, 11) is 3.22. The number of carboxylic acid groups (broad SMARTS) is 1. The molecule has 0 bridgehead atoms. The van der Waals surface area contributed by atoms with Crippen LogP contribution in [0.2, 0.25) is 0 Å². The van der Waals surface area contributed by atoms with Gasteiger partial charge in [-0.1, -0.05) is 6.07 Å². The molecule has 1 N–H and O–H groups in total. The maximum absolute atomic E-state index is 12.8. The Hall–Kier alpha value is -2.53. The molecule has 1 fully saturated rings. The standard InChI is InChI=1S/C22H21IN2O5S/c1-5-30-19-15(23)9-13(10-17(19)29-4)11-18-20(26)25(3)22(31-18)24-16-8-6-7-14(12(16)2)21(27)28/h6-11H,5H2,1-4H3,(H,27,28)/b18-11+,24-22?. The van der Waals surface area contributed by atoms with Crippen LogP contribution in [0.1, 0.15) is 28.4 Å². The molecule has 1 saturated heterocycles. The number of carboxylic acids is 1. The molecule has 162 valence electrons. The Morgan fingerprint density at radius 1 is 1.35 bits per heavy atom. The number of nitrogens with zero attached hydrogens (tertiary/aromatic N) is 2. The highest BCUT2D eigenvalue weighted by Crippen LogP contribution is 2.38. The van der Waals surface area contributed by atoms with E-state index in [1.54, 1.807) is 39.3 Å². The van der Waals surface area contributed by atoms with E-state index in [0.717, 1.165) is 9.13 Å². The van der Waals surface area contributed by atoms with Gasteiger partial charge in [-0.3, -0.25) is 9.69 Å². The maximum Gasteiger partial charge on any atom is 0.336 e. The molecule has 1 aliphatic rings. The van der Waals surface area contributed by atoms with E-state index in [2.05, 4.69) is 27.6 Å². The van der Waals surface area contributed by atoms with Crippen LogP contribution in [0, 0.1) is 10.5 Å². The van der Waals surface area contributed by atoms with E-state index in [4.69, 9.17) is 9.47 Å². The Morgan fingerprint density at radius 2 is 2.10 bits per heavy atom. The van der Waals surface area contributed by atoms with Gasteiger partial charge in [0, 0.05) is 7.05 Å². The van der Waals surface area contributed by atoms with Crippen molar-refractivity contribution in [1.82, 2.24) is 4.90 Å². The minimum Gasteiger partial charge on any atom is -0.493 e. The normalized spacial score (nSPS) is 16.3. The van der Waals surface area contributed by atoms with E-state index < -0.39 is 5.97 Å². The van der Waals surface area contributed by atoms with E-state index in [-0.39, 0.29) is 11.5 Å². The van der Waals surface area contributed by atoms with Crippen LogP contribution in [-0.2, 0) is 4.79 Å². The van der Waals surface area contributed by atoms with Crippen LogP contribution in [0.25, 0.3) is 6.08 Å². The second-order valence-corrected chi connectivity index (χ2v) is 8.76. The summed E-state index contributed by atoms with van der Waals surface area (Å²) in [4.78, 5) is 30.7. The number of halogens is 1. The highest BCUT2D eigenvalue weighted by molar-refractivity contribution is 14.1. The zero-order valence-corrected chi connectivity index (χ0v) is 20.4. The van der Waals surface area contributed by atoms with Crippen molar-refractivity contribution in [2.45, 2.75) is 13.8 Å². The first-order valence-electron chi connectivity index (χ1n) is 9.36. The monoisotopic (exact) mass is 552 g/mol. The van der Waals surface area contributed by atoms with Gasteiger partial charge in [-0.2, -0.15) is 0 Å². The molecule has 0 aliphatic carbocycles. The zero-order chi connectivity index (χ0) is 22.7. The second kappa shape index (κ2) is 9.73. The highest BCUT2D eigenvalue weighted by atomic mass is 127. The number of carbonyl (C=O) groups excluding carboxylic acids is 1. The van der Waals surface area contributed by atoms with Crippen molar-refractivity contribution in [3.63, 3.8) is 0 Å². The van der Waals surface area contributed by atoms with Gasteiger partial charge < -0.3 is 14.6 Å². The van der Waals surface area contributed by atoms with Gasteiger partial charge in [-0.15, -0.1) is 0 Å². The maximum atomic E-state index is 12.8. The molecule has 0 atom stereocenters. The van der Waals surface area contributed by atoms with Crippen molar-refractivity contribution in [1.29, 1.82) is 0 Å². The molecule has 31 heavy (non-hydrogen) atoms. The fraction of sp³-hybridized carbons (Fsp3) is 0.227. The van der Waals surface area contributed by atoms with Crippen LogP contribution in [0.3, 0.4) is 0 Å². The smallest absolute Gasteiger partial charge is 0.336 e. The molecule has 1 aliphatic heterocycles.